The summed E-state index contributed by atoms with van der Waals surface area (Å²) in [6.45, 7) is 1.12. The fraction of sp³-hybridized carbons (Fsp3) is 0.667. The lowest BCUT2D eigenvalue weighted by Crippen LogP contribution is -2.48. The van der Waals surface area contributed by atoms with Crippen molar-refractivity contribution in [2.24, 2.45) is 0 Å². The van der Waals surface area contributed by atoms with E-state index in [9.17, 15) is 0 Å². The molecule has 1 aliphatic carbocycles. The molecule has 0 unspecified atom stereocenters. The van der Waals surface area contributed by atoms with Gasteiger partial charge in [0.15, 0.2) is 0 Å². The summed E-state index contributed by atoms with van der Waals surface area (Å²) in [7, 11) is 0. The number of nitrogens with one attached hydrogen (secondary N) is 1. The number of hydrogen-bond acceptors (Lipinski definition) is 2. The molecule has 2 heteroatoms. The highest BCUT2D eigenvalue weighted by Gasteiger charge is 2.39. The van der Waals surface area contributed by atoms with Crippen LogP contribution in [-0.4, -0.2) is 6.54 Å². The van der Waals surface area contributed by atoms with E-state index < -0.39 is 0 Å². The van der Waals surface area contributed by atoms with Gasteiger partial charge in [-0.1, -0.05) is 19.3 Å². The Balaban J connectivity index is 2.01. The molecule has 14 heavy (non-hydrogen) atoms. The van der Waals surface area contributed by atoms with Crippen LogP contribution in [-0.2, 0) is 12.0 Å². The Kier molecular flexibility index (Phi) is 1.91. The standard InChI is InChI=1S/C12H17NO/c1-2-6-12(7-3-1)11-10(4-8-13-12)5-9-14-11/h5,9,13H,1-4,6-8H2. The number of furan rings is 1. The van der Waals surface area contributed by atoms with Crippen LogP contribution in [0.25, 0.3) is 0 Å². The minimum atomic E-state index is 0.204. The van der Waals surface area contributed by atoms with Gasteiger partial charge in [-0.2, -0.15) is 0 Å². The average molecular weight is 191 g/mol. The van der Waals surface area contributed by atoms with Crippen LogP contribution in [0.1, 0.15) is 43.4 Å². The van der Waals surface area contributed by atoms with Crippen molar-refractivity contribution in [3.05, 3.63) is 23.7 Å². The maximum atomic E-state index is 5.69. The maximum absolute atomic E-state index is 5.69. The van der Waals surface area contributed by atoms with Crippen molar-refractivity contribution < 1.29 is 4.42 Å². The highest BCUT2D eigenvalue weighted by atomic mass is 16.3. The molecule has 0 bridgehead atoms. The largest absolute Gasteiger partial charge is 0.467 e. The lowest BCUT2D eigenvalue weighted by atomic mass is 9.76. The molecular weight excluding hydrogens is 174 g/mol. The second-order valence-electron chi connectivity index (χ2n) is 4.59. The third-order valence-electron chi connectivity index (χ3n) is 3.75. The van der Waals surface area contributed by atoms with Crippen molar-refractivity contribution in [2.45, 2.75) is 44.1 Å². The van der Waals surface area contributed by atoms with Gasteiger partial charge in [0.25, 0.3) is 0 Å². The number of hydrogen-bond donors (Lipinski definition) is 1. The topological polar surface area (TPSA) is 25.2 Å². The predicted molar refractivity (Wildman–Crippen MR) is 55.2 cm³/mol. The average Bonchev–Trinajstić information content (AvgIpc) is 2.69. The Bertz CT molecular complexity index is 323. The lowest BCUT2D eigenvalue weighted by molar-refractivity contribution is 0.183. The van der Waals surface area contributed by atoms with Crippen molar-refractivity contribution in [2.75, 3.05) is 6.54 Å². The first-order chi connectivity index (χ1) is 6.91. The molecule has 1 fully saturated rings. The Morgan fingerprint density at radius 1 is 1.21 bits per heavy atom. The molecule has 1 N–H and O–H groups in total. The van der Waals surface area contributed by atoms with E-state index in [-0.39, 0.29) is 5.54 Å². The van der Waals surface area contributed by atoms with E-state index >= 15 is 0 Å². The van der Waals surface area contributed by atoms with Crippen LogP contribution in [0.3, 0.4) is 0 Å². The monoisotopic (exact) mass is 191 g/mol. The third kappa shape index (κ3) is 1.13. The summed E-state index contributed by atoms with van der Waals surface area (Å²) >= 11 is 0. The van der Waals surface area contributed by atoms with Gasteiger partial charge in [0.2, 0.25) is 0 Å². The zero-order valence-electron chi connectivity index (χ0n) is 8.51. The van der Waals surface area contributed by atoms with Gasteiger partial charge in [-0.3, -0.25) is 0 Å². The Labute approximate surface area is 84.7 Å². The smallest absolute Gasteiger partial charge is 0.127 e. The predicted octanol–water partition coefficient (Wildman–Crippen LogP) is 2.58. The van der Waals surface area contributed by atoms with E-state index in [0.717, 1.165) is 13.0 Å². The zero-order chi connectivity index (χ0) is 9.43. The van der Waals surface area contributed by atoms with E-state index in [1.807, 2.05) is 6.26 Å². The fourth-order valence-electron chi connectivity index (χ4n) is 3.03. The molecule has 2 heterocycles. The first-order valence-electron chi connectivity index (χ1n) is 5.73. The SMILES string of the molecule is c1cc2c(o1)C1(CCCCC1)NCC2. The summed E-state index contributed by atoms with van der Waals surface area (Å²) in [6, 6.07) is 2.15. The van der Waals surface area contributed by atoms with Crippen LogP contribution in [0.2, 0.25) is 0 Å². The molecule has 0 amide bonds. The van der Waals surface area contributed by atoms with Gasteiger partial charge in [0, 0.05) is 6.54 Å². The van der Waals surface area contributed by atoms with Crippen LogP contribution in [0.15, 0.2) is 16.7 Å². The third-order valence-corrected chi connectivity index (χ3v) is 3.75. The molecule has 1 aromatic heterocycles. The van der Waals surface area contributed by atoms with Gasteiger partial charge in [0.05, 0.1) is 11.8 Å². The molecule has 1 saturated carbocycles. The highest BCUT2D eigenvalue weighted by Crippen LogP contribution is 2.40. The van der Waals surface area contributed by atoms with Crippen molar-refractivity contribution in [1.29, 1.82) is 0 Å². The quantitative estimate of drug-likeness (QED) is 0.682. The highest BCUT2D eigenvalue weighted by molar-refractivity contribution is 5.28. The van der Waals surface area contributed by atoms with Gasteiger partial charge in [-0.25, -0.2) is 0 Å². The fourth-order valence-corrected chi connectivity index (χ4v) is 3.03. The number of fused-ring (bicyclic) bond motifs is 2. The molecule has 0 radical (unpaired) electrons. The van der Waals surface area contributed by atoms with Crippen molar-refractivity contribution in [3.8, 4) is 0 Å². The van der Waals surface area contributed by atoms with Gasteiger partial charge >= 0.3 is 0 Å². The molecule has 0 saturated heterocycles. The zero-order valence-corrected chi connectivity index (χ0v) is 8.51. The van der Waals surface area contributed by atoms with Crippen LogP contribution in [0, 0.1) is 0 Å². The van der Waals surface area contributed by atoms with Crippen molar-refractivity contribution in [3.63, 3.8) is 0 Å². The Morgan fingerprint density at radius 3 is 2.93 bits per heavy atom. The van der Waals surface area contributed by atoms with Gasteiger partial charge in [-0.15, -0.1) is 0 Å². The van der Waals surface area contributed by atoms with E-state index in [1.165, 1.54) is 43.4 Å². The van der Waals surface area contributed by atoms with E-state index in [2.05, 4.69) is 11.4 Å². The minimum absolute atomic E-state index is 0.204. The molecule has 3 rings (SSSR count). The first-order valence-corrected chi connectivity index (χ1v) is 5.73. The van der Waals surface area contributed by atoms with E-state index in [1.54, 1.807) is 0 Å². The normalized spacial score (nSPS) is 24.9. The van der Waals surface area contributed by atoms with Crippen LogP contribution < -0.4 is 5.32 Å². The second-order valence-corrected chi connectivity index (χ2v) is 4.59. The lowest BCUT2D eigenvalue weighted by Gasteiger charge is -2.40. The van der Waals surface area contributed by atoms with Gasteiger partial charge < -0.3 is 9.73 Å². The van der Waals surface area contributed by atoms with Gasteiger partial charge in [-0.05, 0) is 30.9 Å². The molecule has 0 aromatic carbocycles. The minimum Gasteiger partial charge on any atom is -0.467 e. The molecule has 1 aliphatic heterocycles. The molecule has 1 aromatic rings. The Morgan fingerprint density at radius 2 is 2.07 bits per heavy atom. The Hall–Kier alpha value is -0.760. The molecular formula is C12H17NO. The summed E-state index contributed by atoms with van der Waals surface area (Å²) in [4.78, 5) is 0. The summed E-state index contributed by atoms with van der Waals surface area (Å²) in [5, 5.41) is 3.68. The van der Waals surface area contributed by atoms with Crippen LogP contribution >= 0.6 is 0 Å². The summed E-state index contributed by atoms with van der Waals surface area (Å²) in [6.07, 6.45) is 9.57. The van der Waals surface area contributed by atoms with Gasteiger partial charge in [0.1, 0.15) is 5.76 Å². The van der Waals surface area contributed by atoms with Crippen molar-refractivity contribution >= 4 is 0 Å². The van der Waals surface area contributed by atoms with E-state index in [4.69, 9.17) is 4.42 Å². The first kappa shape index (κ1) is 8.54. The van der Waals surface area contributed by atoms with Crippen molar-refractivity contribution in [1.82, 2.24) is 5.32 Å². The summed E-state index contributed by atoms with van der Waals surface area (Å²) in [5.41, 5.74) is 1.64. The second kappa shape index (κ2) is 3.13. The van der Waals surface area contributed by atoms with Crippen LogP contribution in [0.5, 0.6) is 0 Å². The molecule has 1 spiro atoms. The summed E-state index contributed by atoms with van der Waals surface area (Å²) < 4.78 is 5.69. The molecule has 2 nitrogen and oxygen atoms in total. The van der Waals surface area contributed by atoms with Crippen LogP contribution in [0.4, 0.5) is 0 Å². The molecule has 0 atom stereocenters. The number of rotatable bonds is 0. The van der Waals surface area contributed by atoms with E-state index in [0.29, 0.717) is 0 Å². The molecule has 2 aliphatic rings. The molecule has 76 valence electrons. The summed E-state index contributed by atoms with van der Waals surface area (Å²) in [5.74, 6) is 1.24. The maximum Gasteiger partial charge on any atom is 0.127 e.